The van der Waals surface area contributed by atoms with E-state index >= 15 is 0 Å². The highest BCUT2D eigenvalue weighted by Gasteiger charge is 2.13. The van der Waals surface area contributed by atoms with E-state index in [1.165, 1.54) is 25.3 Å². The monoisotopic (exact) mass is 261 g/mol. The first-order chi connectivity index (χ1) is 9.11. The van der Waals surface area contributed by atoms with Crippen LogP contribution in [0.5, 0.6) is 5.75 Å². The normalized spacial score (nSPS) is 10.0. The van der Waals surface area contributed by atoms with E-state index < -0.39 is 11.9 Å². The summed E-state index contributed by atoms with van der Waals surface area (Å²) >= 11 is 0. The van der Waals surface area contributed by atoms with Crippen molar-refractivity contribution in [1.29, 1.82) is 0 Å². The Balaban J connectivity index is 2.25. The van der Waals surface area contributed by atoms with Gasteiger partial charge in [0.15, 0.2) is 0 Å². The number of carbonyl (C=O) groups excluding carboxylic acids is 1. The van der Waals surface area contributed by atoms with Crippen molar-refractivity contribution >= 4 is 17.4 Å². The molecule has 0 atom stereocenters. The number of methoxy groups -OCH3 is 1. The lowest BCUT2D eigenvalue weighted by Gasteiger charge is -2.09. The summed E-state index contributed by atoms with van der Waals surface area (Å²) in [6, 6.07) is 8.96. The molecule has 0 aliphatic rings. The minimum absolute atomic E-state index is 0.118. The lowest BCUT2D eigenvalue weighted by molar-refractivity contribution is 0.102. The third-order valence-electron chi connectivity index (χ3n) is 2.49. The fourth-order valence-electron chi connectivity index (χ4n) is 1.58. The number of nitrogens with one attached hydrogen (secondary N) is 1. The van der Waals surface area contributed by atoms with E-state index in [1.807, 2.05) is 0 Å². The molecule has 2 rings (SSSR count). The van der Waals surface area contributed by atoms with Gasteiger partial charge in [-0.1, -0.05) is 12.1 Å². The molecule has 3 N–H and O–H groups in total. The van der Waals surface area contributed by atoms with Crippen LogP contribution < -0.4 is 15.8 Å². The molecular formula is C13H12FN3O2. The molecule has 0 aliphatic carbocycles. The number of hydrogen-bond donors (Lipinski definition) is 2. The number of hydrogen-bond acceptors (Lipinski definition) is 4. The summed E-state index contributed by atoms with van der Waals surface area (Å²) in [5.74, 6) is -0.627. The van der Waals surface area contributed by atoms with Gasteiger partial charge in [0.2, 0.25) is 5.95 Å². The Bertz CT molecular complexity index is 617. The molecule has 19 heavy (non-hydrogen) atoms. The molecule has 1 heterocycles. The van der Waals surface area contributed by atoms with Crippen molar-refractivity contribution in [3.63, 3.8) is 0 Å². The molecule has 0 saturated heterocycles. The number of nitrogens with two attached hydrogens (primary N) is 1. The number of aromatic nitrogens is 1. The van der Waals surface area contributed by atoms with Crippen LogP contribution in [0.25, 0.3) is 0 Å². The number of amides is 1. The standard InChI is InChI=1S/C13H12FN3O2/c1-19-9-5-2-4-8(12(9)15)13(18)17-11-7-3-6-10(14)16-11/h2-7H,15H2,1H3,(H,16,17,18). The number of carbonyl (C=O) groups is 1. The number of anilines is 2. The van der Waals surface area contributed by atoms with Crippen LogP contribution in [0.3, 0.4) is 0 Å². The van der Waals surface area contributed by atoms with E-state index in [4.69, 9.17) is 10.5 Å². The number of para-hydroxylation sites is 1. The molecular weight excluding hydrogens is 249 g/mol. The third kappa shape index (κ3) is 2.79. The highest BCUT2D eigenvalue weighted by Crippen LogP contribution is 2.25. The van der Waals surface area contributed by atoms with Crippen molar-refractivity contribution in [2.75, 3.05) is 18.2 Å². The van der Waals surface area contributed by atoms with Crippen molar-refractivity contribution in [2.24, 2.45) is 0 Å². The summed E-state index contributed by atoms with van der Waals surface area (Å²) in [5.41, 5.74) is 6.26. The maximum Gasteiger partial charge on any atom is 0.259 e. The van der Waals surface area contributed by atoms with Gasteiger partial charge < -0.3 is 15.8 Å². The molecule has 0 saturated carbocycles. The van der Waals surface area contributed by atoms with E-state index in [0.717, 1.165) is 0 Å². The van der Waals surface area contributed by atoms with Crippen molar-refractivity contribution < 1.29 is 13.9 Å². The van der Waals surface area contributed by atoms with Crippen LogP contribution in [0.2, 0.25) is 0 Å². The van der Waals surface area contributed by atoms with Gasteiger partial charge in [0, 0.05) is 0 Å². The fraction of sp³-hybridized carbons (Fsp3) is 0.0769. The largest absolute Gasteiger partial charge is 0.495 e. The number of benzene rings is 1. The molecule has 0 unspecified atom stereocenters. The number of halogens is 1. The molecule has 98 valence electrons. The quantitative estimate of drug-likeness (QED) is 0.655. The molecule has 0 fully saturated rings. The Kier molecular flexibility index (Phi) is 3.61. The predicted octanol–water partition coefficient (Wildman–Crippen LogP) is 2.06. The zero-order valence-electron chi connectivity index (χ0n) is 10.2. The van der Waals surface area contributed by atoms with Gasteiger partial charge in [0.1, 0.15) is 11.6 Å². The first-order valence-corrected chi connectivity index (χ1v) is 5.48. The Hall–Kier alpha value is -2.63. The first kappa shape index (κ1) is 12.8. The smallest absolute Gasteiger partial charge is 0.259 e. The van der Waals surface area contributed by atoms with Crippen LogP contribution in [0.1, 0.15) is 10.4 Å². The van der Waals surface area contributed by atoms with Crippen LogP contribution >= 0.6 is 0 Å². The predicted molar refractivity (Wildman–Crippen MR) is 69.6 cm³/mol. The van der Waals surface area contributed by atoms with E-state index in [2.05, 4.69) is 10.3 Å². The fourth-order valence-corrected chi connectivity index (χ4v) is 1.58. The molecule has 2 aromatic rings. The summed E-state index contributed by atoms with van der Waals surface area (Å²) in [4.78, 5) is 15.5. The second-order valence-corrected chi connectivity index (χ2v) is 3.72. The van der Waals surface area contributed by atoms with Crippen LogP contribution in [0.15, 0.2) is 36.4 Å². The molecule has 5 nitrogen and oxygen atoms in total. The number of rotatable bonds is 3. The minimum Gasteiger partial charge on any atom is -0.495 e. The van der Waals surface area contributed by atoms with E-state index in [9.17, 15) is 9.18 Å². The van der Waals surface area contributed by atoms with Crippen molar-refractivity contribution in [1.82, 2.24) is 4.98 Å². The summed E-state index contributed by atoms with van der Waals surface area (Å²) < 4.78 is 17.9. The summed E-state index contributed by atoms with van der Waals surface area (Å²) in [7, 11) is 1.46. The average molecular weight is 261 g/mol. The number of nitrogen functional groups attached to an aromatic ring is 1. The Morgan fingerprint density at radius 1 is 1.32 bits per heavy atom. The summed E-state index contributed by atoms with van der Waals surface area (Å²) in [6.45, 7) is 0. The van der Waals surface area contributed by atoms with Crippen LogP contribution in [0, 0.1) is 5.95 Å². The summed E-state index contributed by atoms with van der Waals surface area (Å²) in [6.07, 6.45) is 0. The lowest BCUT2D eigenvalue weighted by atomic mass is 10.1. The molecule has 1 amide bonds. The van der Waals surface area contributed by atoms with Gasteiger partial charge in [-0.3, -0.25) is 4.79 Å². The maximum absolute atomic E-state index is 12.9. The van der Waals surface area contributed by atoms with Gasteiger partial charge >= 0.3 is 0 Å². The minimum atomic E-state index is -0.670. The Labute approximate surface area is 109 Å². The molecule has 0 aliphatic heterocycles. The Morgan fingerprint density at radius 2 is 2.05 bits per heavy atom. The average Bonchev–Trinajstić information content (AvgIpc) is 2.39. The first-order valence-electron chi connectivity index (χ1n) is 5.48. The molecule has 1 aromatic carbocycles. The van der Waals surface area contributed by atoms with Gasteiger partial charge in [-0.15, -0.1) is 0 Å². The van der Waals surface area contributed by atoms with Gasteiger partial charge in [-0.25, -0.2) is 4.98 Å². The van der Waals surface area contributed by atoms with E-state index in [-0.39, 0.29) is 17.1 Å². The maximum atomic E-state index is 12.9. The molecule has 6 heteroatoms. The third-order valence-corrected chi connectivity index (χ3v) is 2.49. The second-order valence-electron chi connectivity index (χ2n) is 3.72. The van der Waals surface area contributed by atoms with Crippen molar-refractivity contribution in [2.45, 2.75) is 0 Å². The number of ether oxygens (including phenoxy) is 1. The van der Waals surface area contributed by atoms with Crippen molar-refractivity contribution in [3.8, 4) is 5.75 Å². The van der Waals surface area contributed by atoms with E-state index in [1.54, 1.807) is 18.2 Å². The number of pyridine rings is 1. The topological polar surface area (TPSA) is 77.2 Å². The SMILES string of the molecule is COc1cccc(C(=O)Nc2cccc(F)n2)c1N. The lowest BCUT2D eigenvalue weighted by Crippen LogP contribution is -2.15. The zero-order chi connectivity index (χ0) is 13.8. The van der Waals surface area contributed by atoms with Crippen LogP contribution in [0.4, 0.5) is 15.9 Å². The van der Waals surface area contributed by atoms with Gasteiger partial charge in [0.05, 0.1) is 18.4 Å². The summed E-state index contributed by atoms with van der Waals surface area (Å²) in [5, 5.41) is 2.47. The number of nitrogens with zero attached hydrogens (tertiary/aromatic N) is 1. The molecule has 0 spiro atoms. The second kappa shape index (κ2) is 5.34. The highest BCUT2D eigenvalue weighted by atomic mass is 19.1. The molecule has 1 aromatic heterocycles. The van der Waals surface area contributed by atoms with E-state index in [0.29, 0.717) is 5.75 Å². The van der Waals surface area contributed by atoms with Gasteiger partial charge in [-0.2, -0.15) is 4.39 Å². The zero-order valence-corrected chi connectivity index (χ0v) is 10.2. The van der Waals surface area contributed by atoms with Crippen LogP contribution in [-0.4, -0.2) is 18.0 Å². The molecule has 0 radical (unpaired) electrons. The Morgan fingerprint density at radius 3 is 2.74 bits per heavy atom. The van der Waals surface area contributed by atoms with Gasteiger partial charge in [0.25, 0.3) is 5.91 Å². The van der Waals surface area contributed by atoms with Crippen molar-refractivity contribution in [3.05, 3.63) is 47.9 Å². The molecule has 0 bridgehead atoms. The van der Waals surface area contributed by atoms with Crippen LogP contribution in [-0.2, 0) is 0 Å². The highest BCUT2D eigenvalue weighted by molar-refractivity contribution is 6.08. The van der Waals surface area contributed by atoms with Gasteiger partial charge in [-0.05, 0) is 24.3 Å².